The quantitative estimate of drug-likeness (QED) is 0.737. The number of hydrogen-bond acceptors (Lipinski definition) is 7. The number of anilines is 1. The van der Waals surface area contributed by atoms with Gasteiger partial charge in [-0.05, 0) is 19.1 Å². The second-order valence-electron chi connectivity index (χ2n) is 5.99. The Bertz CT molecular complexity index is 971. The Morgan fingerprint density at radius 2 is 2.22 bits per heavy atom. The van der Waals surface area contributed by atoms with Crippen LogP contribution >= 0.6 is 0 Å². The summed E-state index contributed by atoms with van der Waals surface area (Å²) in [4.78, 5) is 29.8. The molecule has 0 saturated carbocycles. The van der Waals surface area contributed by atoms with Crippen LogP contribution < -0.4 is 14.4 Å². The first kappa shape index (κ1) is 18.8. The molecule has 3 rings (SSSR count). The molecule has 0 aromatic carbocycles. The van der Waals surface area contributed by atoms with Gasteiger partial charge >= 0.3 is 0 Å². The zero-order chi connectivity index (χ0) is 19.6. The minimum atomic E-state index is -4.18. The smallest absolute Gasteiger partial charge is 0.269 e. The van der Waals surface area contributed by atoms with E-state index in [9.17, 15) is 18.0 Å². The van der Waals surface area contributed by atoms with Crippen LogP contribution in [-0.2, 0) is 26.7 Å². The molecule has 1 aliphatic rings. The van der Waals surface area contributed by atoms with Gasteiger partial charge in [0.1, 0.15) is 4.90 Å². The van der Waals surface area contributed by atoms with E-state index < -0.39 is 21.8 Å². The number of hydrogen-bond donors (Lipinski definition) is 1. The molecule has 0 radical (unpaired) electrons. The fraction of sp³-hybridized carbons (Fsp3) is 0.375. The summed E-state index contributed by atoms with van der Waals surface area (Å²) >= 11 is 0. The van der Waals surface area contributed by atoms with Crippen LogP contribution in [0.2, 0.25) is 0 Å². The first-order valence-corrected chi connectivity index (χ1v) is 9.73. The van der Waals surface area contributed by atoms with E-state index in [-0.39, 0.29) is 36.3 Å². The topological polar surface area (TPSA) is 123 Å². The van der Waals surface area contributed by atoms with E-state index in [1.807, 2.05) is 4.72 Å². The van der Waals surface area contributed by atoms with Crippen molar-refractivity contribution in [1.82, 2.24) is 19.5 Å². The van der Waals surface area contributed by atoms with Gasteiger partial charge in [0.25, 0.3) is 10.0 Å². The molecule has 1 saturated heterocycles. The lowest BCUT2D eigenvalue weighted by Gasteiger charge is -2.15. The molecule has 3 heterocycles. The second-order valence-corrected chi connectivity index (χ2v) is 7.64. The van der Waals surface area contributed by atoms with Crippen LogP contribution in [-0.4, -0.2) is 48.1 Å². The SMILES string of the molecule is CCOc1ncccc1S(=O)(=O)NC(=O)C1CC(=O)N(c2cnn(C)c2)C1. The Labute approximate surface area is 156 Å². The third-order valence-electron chi connectivity index (χ3n) is 4.04. The molecular weight excluding hydrogens is 374 g/mol. The van der Waals surface area contributed by atoms with Crippen LogP contribution in [0.3, 0.4) is 0 Å². The highest BCUT2D eigenvalue weighted by molar-refractivity contribution is 7.90. The van der Waals surface area contributed by atoms with Gasteiger partial charge in [0.15, 0.2) is 0 Å². The highest BCUT2D eigenvalue weighted by Gasteiger charge is 2.37. The number of rotatable bonds is 6. The third kappa shape index (κ3) is 3.92. The second kappa shape index (κ2) is 7.35. The zero-order valence-electron chi connectivity index (χ0n) is 14.8. The van der Waals surface area contributed by atoms with Crippen molar-refractivity contribution in [3.63, 3.8) is 0 Å². The molecule has 1 atom stereocenters. The minimum Gasteiger partial charge on any atom is -0.477 e. The first-order chi connectivity index (χ1) is 12.8. The molecule has 2 aromatic rings. The summed E-state index contributed by atoms with van der Waals surface area (Å²) in [6.45, 7) is 2.00. The van der Waals surface area contributed by atoms with E-state index in [1.165, 1.54) is 34.1 Å². The van der Waals surface area contributed by atoms with Crippen LogP contribution in [0.15, 0.2) is 35.6 Å². The maximum absolute atomic E-state index is 12.6. The van der Waals surface area contributed by atoms with E-state index in [0.29, 0.717) is 5.69 Å². The average Bonchev–Trinajstić information content (AvgIpc) is 3.21. The molecular formula is C16H19N5O5S. The van der Waals surface area contributed by atoms with Gasteiger partial charge in [0, 0.05) is 32.4 Å². The van der Waals surface area contributed by atoms with Crippen molar-refractivity contribution < 1.29 is 22.7 Å². The number of carbonyl (C=O) groups excluding carboxylic acids is 2. The molecule has 0 bridgehead atoms. The van der Waals surface area contributed by atoms with Gasteiger partial charge in [0.05, 0.1) is 24.4 Å². The number of nitrogens with one attached hydrogen (secondary N) is 1. The van der Waals surface area contributed by atoms with Gasteiger partial charge < -0.3 is 9.64 Å². The molecule has 0 aliphatic carbocycles. The standard InChI is InChI=1S/C16H19N5O5S/c1-3-26-16-13(5-4-6-17-16)27(24,25)19-15(23)11-7-14(22)21(9-11)12-8-18-20(2)10-12/h4-6,8,10-11H,3,7,9H2,1-2H3,(H,19,23). The molecule has 11 heteroatoms. The van der Waals surface area contributed by atoms with Gasteiger partial charge in [0.2, 0.25) is 17.7 Å². The first-order valence-electron chi connectivity index (χ1n) is 8.25. The molecule has 1 N–H and O–H groups in total. The van der Waals surface area contributed by atoms with Crippen molar-refractivity contribution in [2.45, 2.75) is 18.2 Å². The molecule has 27 heavy (non-hydrogen) atoms. The van der Waals surface area contributed by atoms with E-state index in [1.54, 1.807) is 20.2 Å². The summed E-state index contributed by atoms with van der Waals surface area (Å²) in [6, 6.07) is 2.74. The molecule has 10 nitrogen and oxygen atoms in total. The van der Waals surface area contributed by atoms with Crippen molar-refractivity contribution in [3.8, 4) is 5.88 Å². The van der Waals surface area contributed by atoms with E-state index >= 15 is 0 Å². The Morgan fingerprint density at radius 3 is 2.89 bits per heavy atom. The molecule has 1 unspecified atom stereocenters. The van der Waals surface area contributed by atoms with Crippen molar-refractivity contribution in [3.05, 3.63) is 30.7 Å². The molecule has 2 amide bonds. The van der Waals surface area contributed by atoms with Crippen LogP contribution in [0, 0.1) is 5.92 Å². The van der Waals surface area contributed by atoms with Gasteiger partial charge in [-0.15, -0.1) is 0 Å². The van der Waals surface area contributed by atoms with Crippen LogP contribution in [0.25, 0.3) is 0 Å². The maximum atomic E-state index is 12.6. The van der Waals surface area contributed by atoms with Crippen molar-refractivity contribution in [2.24, 2.45) is 13.0 Å². The van der Waals surface area contributed by atoms with Crippen LogP contribution in [0.5, 0.6) is 5.88 Å². The molecule has 0 spiro atoms. The Kier molecular flexibility index (Phi) is 5.13. The van der Waals surface area contributed by atoms with E-state index in [0.717, 1.165) is 0 Å². The van der Waals surface area contributed by atoms with Crippen molar-refractivity contribution in [1.29, 1.82) is 0 Å². The molecule has 144 valence electrons. The minimum absolute atomic E-state index is 0.0806. The molecule has 1 fully saturated rings. The zero-order valence-corrected chi connectivity index (χ0v) is 15.6. The summed E-state index contributed by atoms with van der Waals surface area (Å²) in [5, 5.41) is 4.00. The number of aryl methyl sites for hydroxylation is 1. The average molecular weight is 393 g/mol. The number of sulfonamides is 1. The predicted octanol–water partition coefficient (Wildman–Crippen LogP) is 0.0718. The number of amides is 2. The predicted molar refractivity (Wildman–Crippen MR) is 94.4 cm³/mol. The highest BCUT2D eigenvalue weighted by atomic mass is 32.2. The fourth-order valence-corrected chi connectivity index (χ4v) is 3.92. The fourth-order valence-electron chi connectivity index (χ4n) is 2.78. The lowest BCUT2D eigenvalue weighted by molar-refractivity contribution is -0.124. The van der Waals surface area contributed by atoms with Gasteiger partial charge in [-0.25, -0.2) is 18.1 Å². The van der Waals surface area contributed by atoms with Crippen molar-refractivity contribution in [2.75, 3.05) is 18.1 Å². The van der Waals surface area contributed by atoms with E-state index in [4.69, 9.17) is 4.74 Å². The Morgan fingerprint density at radius 1 is 1.44 bits per heavy atom. The lowest BCUT2D eigenvalue weighted by Crippen LogP contribution is -2.37. The number of aromatic nitrogens is 3. The largest absolute Gasteiger partial charge is 0.477 e. The van der Waals surface area contributed by atoms with Crippen molar-refractivity contribution >= 4 is 27.5 Å². The number of ether oxygens (including phenoxy) is 1. The van der Waals surface area contributed by atoms with Gasteiger partial charge in [-0.2, -0.15) is 5.10 Å². The third-order valence-corrected chi connectivity index (χ3v) is 5.40. The molecule has 2 aromatic heterocycles. The Balaban J connectivity index is 1.75. The highest BCUT2D eigenvalue weighted by Crippen LogP contribution is 2.26. The van der Waals surface area contributed by atoms with Crippen LogP contribution in [0.1, 0.15) is 13.3 Å². The number of carbonyl (C=O) groups is 2. The summed E-state index contributed by atoms with van der Waals surface area (Å²) in [5.41, 5.74) is 0.562. The van der Waals surface area contributed by atoms with Crippen LogP contribution in [0.4, 0.5) is 5.69 Å². The van der Waals surface area contributed by atoms with Gasteiger partial charge in [-0.1, -0.05) is 0 Å². The summed E-state index contributed by atoms with van der Waals surface area (Å²) in [5.74, 6) is -1.89. The number of pyridine rings is 1. The van der Waals surface area contributed by atoms with Gasteiger partial charge in [-0.3, -0.25) is 14.3 Å². The number of nitrogens with zero attached hydrogens (tertiary/aromatic N) is 4. The normalized spacial score (nSPS) is 17.2. The summed E-state index contributed by atoms with van der Waals surface area (Å²) < 4.78 is 33.9. The molecule has 1 aliphatic heterocycles. The van der Waals surface area contributed by atoms with E-state index in [2.05, 4.69) is 10.1 Å². The summed E-state index contributed by atoms with van der Waals surface area (Å²) in [7, 11) is -2.47. The maximum Gasteiger partial charge on any atom is 0.269 e. The monoisotopic (exact) mass is 393 g/mol. The Hall–Kier alpha value is -2.95. The lowest BCUT2D eigenvalue weighted by atomic mass is 10.1. The summed E-state index contributed by atoms with van der Waals surface area (Å²) in [6.07, 6.45) is 4.48.